The lowest BCUT2D eigenvalue weighted by molar-refractivity contribution is -0.152. The lowest BCUT2D eigenvalue weighted by Crippen LogP contribution is -2.65. The molecule has 0 aromatic heterocycles. The number of likely N-dealkylation sites (tertiary alicyclic amines) is 2. The highest BCUT2D eigenvalue weighted by Gasteiger charge is 2.53. The van der Waals surface area contributed by atoms with Gasteiger partial charge in [-0.25, -0.2) is 4.39 Å². The minimum atomic E-state index is -1.41. The molecule has 0 radical (unpaired) electrons. The molecule has 0 saturated carbocycles. The summed E-state index contributed by atoms with van der Waals surface area (Å²) in [5.41, 5.74) is 10.6. The van der Waals surface area contributed by atoms with E-state index in [1.807, 2.05) is 0 Å². The Hall–Kier alpha value is -3.05. The van der Waals surface area contributed by atoms with Crippen LogP contribution in [-0.2, 0) is 25.6 Å². The second-order valence-corrected chi connectivity index (χ2v) is 9.73. The number of rotatable bonds is 9. The van der Waals surface area contributed by atoms with Crippen molar-refractivity contribution in [3.8, 4) is 0 Å². The molecule has 2 fully saturated rings. The van der Waals surface area contributed by atoms with E-state index in [-0.39, 0.29) is 31.2 Å². The van der Waals surface area contributed by atoms with Crippen molar-refractivity contribution >= 4 is 23.6 Å². The minimum absolute atomic E-state index is 0.0608. The van der Waals surface area contributed by atoms with Crippen LogP contribution in [0.25, 0.3) is 0 Å². The lowest BCUT2D eigenvalue weighted by atomic mass is 9.86. The first-order chi connectivity index (χ1) is 17.0. The summed E-state index contributed by atoms with van der Waals surface area (Å²) >= 11 is 0. The van der Waals surface area contributed by atoms with E-state index < -0.39 is 47.4 Å². The largest absolute Gasteiger partial charge is 0.391 e. The minimum Gasteiger partial charge on any atom is -0.391 e. The zero-order valence-electron chi connectivity index (χ0n) is 20.8. The highest BCUT2D eigenvalue weighted by molar-refractivity contribution is 5.98. The van der Waals surface area contributed by atoms with Crippen molar-refractivity contribution in [2.45, 2.75) is 82.1 Å². The van der Waals surface area contributed by atoms with Crippen LogP contribution in [0.1, 0.15) is 51.5 Å². The fraction of sp³-hybridized carbons (Fsp3) is 0.600. The molecule has 6 N–H and O–H groups in total. The molecule has 2 aliphatic heterocycles. The number of hydrogen-bond acceptors (Lipinski definition) is 6. The Morgan fingerprint density at radius 2 is 1.86 bits per heavy atom. The predicted octanol–water partition coefficient (Wildman–Crippen LogP) is -0.191. The van der Waals surface area contributed by atoms with E-state index in [0.29, 0.717) is 37.8 Å². The molecule has 11 heteroatoms. The maximum atomic E-state index is 13.9. The van der Waals surface area contributed by atoms with Crippen LogP contribution < -0.4 is 16.8 Å². The SMILES string of the molecule is CC[C@H](N)C(=O)N1CCCC1C(=O)N1CCCC1(Cc1ccc(F)cc1)C(=O)N[C@H](C(N)=O)[C@@H](C)O. The van der Waals surface area contributed by atoms with E-state index in [9.17, 15) is 28.7 Å². The van der Waals surface area contributed by atoms with Gasteiger partial charge >= 0.3 is 0 Å². The van der Waals surface area contributed by atoms with Gasteiger partial charge in [0.1, 0.15) is 23.4 Å². The Morgan fingerprint density at radius 3 is 2.44 bits per heavy atom. The van der Waals surface area contributed by atoms with E-state index >= 15 is 0 Å². The molecule has 198 valence electrons. The second kappa shape index (κ2) is 11.3. The quantitative estimate of drug-likeness (QED) is 0.364. The molecule has 3 rings (SSSR count). The molecule has 2 heterocycles. The average Bonchev–Trinajstić information content (AvgIpc) is 3.50. The van der Waals surface area contributed by atoms with Crippen LogP contribution in [0.3, 0.4) is 0 Å². The van der Waals surface area contributed by atoms with Crippen molar-refractivity contribution in [1.82, 2.24) is 15.1 Å². The number of nitrogens with one attached hydrogen (secondary N) is 1. The Labute approximate surface area is 210 Å². The third-order valence-electron chi connectivity index (χ3n) is 7.24. The summed E-state index contributed by atoms with van der Waals surface area (Å²) in [5, 5.41) is 12.5. The molecule has 10 nitrogen and oxygen atoms in total. The molecule has 1 aromatic rings. The van der Waals surface area contributed by atoms with Crippen LogP contribution in [0.4, 0.5) is 4.39 Å². The second-order valence-electron chi connectivity index (χ2n) is 9.73. The van der Waals surface area contributed by atoms with Crippen LogP contribution in [0.15, 0.2) is 24.3 Å². The van der Waals surface area contributed by atoms with Gasteiger partial charge in [-0.2, -0.15) is 0 Å². The maximum Gasteiger partial charge on any atom is 0.247 e. The standard InChI is InChI=1S/C25H36FN5O5/c1-3-18(27)22(34)30-12-4-6-19(30)23(35)31-13-5-11-25(31,14-16-7-9-17(26)10-8-16)24(36)29-20(15(2)32)21(28)33/h7-10,15,18-20,32H,3-6,11-14,27H2,1-2H3,(H2,28,33)(H,29,36)/t15-,18+,19?,20+,25?/m1/s1. The highest BCUT2D eigenvalue weighted by atomic mass is 19.1. The Morgan fingerprint density at radius 1 is 1.19 bits per heavy atom. The maximum absolute atomic E-state index is 13.9. The number of carbonyl (C=O) groups is 4. The Kier molecular flexibility index (Phi) is 8.67. The smallest absolute Gasteiger partial charge is 0.247 e. The first-order valence-electron chi connectivity index (χ1n) is 12.4. The molecule has 2 saturated heterocycles. The molecule has 4 amide bonds. The third kappa shape index (κ3) is 5.52. The molecule has 2 aliphatic rings. The summed E-state index contributed by atoms with van der Waals surface area (Å²) in [6, 6.07) is 2.80. The molecule has 0 bridgehead atoms. The van der Waals surface area contributed by atoms with Crippen molar-refractivity contribution in [2.24, 2.45) is 11.5 Å². The first-order valence-corrected chi connectivity index (χ1v) is 12.4. The monoisotopic (exact) mass is 505 g/mol. The molecule has 5 atom stereocenters. The van der Waals surface area contributed by atoms with E-state index in [1.54, 1.807) is 6.92 Å². The number of nitrogens with zero attached hydrogens (tertiary/aromatic N) is 2. The van der Waals surface area contributed by atoms with E-state index in [2.05, 4.69) is 5.32 Å². The van der Waals surface area contributed by atoms with Crippen molar-refractivity contribution in [3.05, 3.63) is 35.6 Å². The van der Waals surface area contributed by atoms with Gasteiger partial charge in [-0.15, -0.1) is 0 Å². The summed E-state index contributed by atoms with van der Waals surface area (Å²) in [7, 11) is 0. The zero-order valence-corrected chi connectivity index (χ0v) is 20.8. The van der Waals surface area contributed by atoms with Gasteiger partial charge in [0.15, 0.2) is 0 Å². The topological polar surface area (TPSA) is 159 Å². The van der Waals surface area contributed by atoms with Gasteiger partial charge in [-0.05, 0) is 56.7 Å². The molecule has 0 spiro atoms. The summed E-state index contributed by atoms with van der Waals surface area (Å²) < 4.78 is 13.6. The molecule has 36 heavy (non-hydrogen) atoms. The number of halogens is 1. The number of aliphatic hydroxyl groups is 1. The Balaban J connectivity index is 1.97. The van der Waals surface area contributed by atoms with E-state index in [0.717, 1.165) is 0 Å². The molecular formula is C25H36FN5O5. The van der Waals surface area contributed by atoms with Gasteiger partial charge in [-0.1, -0.05) is 19.1 Å². The van der Waals surface area contributed by atoms with Gasteiger partial charge in [0.2, 0.25) is 23.6 Å². The third-order valence-corrected chi connectivity index (χ3v) is 7.24. The van der Waals surface area contributed by atoms with Crippen molar-refractivity contribution in [3.63, 3.8) is 0 Å². The average molecular weight is 506 g/mol. The van der Waals surface area contributed by atoms with Gasteiger partial charge in [0.05, 0.1) is 12.1 Å². The highest BCUT2D eigenvalue weighted by Crippen LogP contribution is 2.36. The molecular weight excluding hydrogens is 469 g/mol. The summed E-state index contributed by atoms with van der Waals surface area (Å²) in [6.07, 6.45) is 1.11. The van der Waals surface area contributed by atoms with E-state index in [1.165, 1.54) is 41.0 Å². The summed E-state index contributed by atoms with van der Waals surface area (Å²) in [5.74, 6) is -2.65. The number of nitrogens with two attached hydrogens (primary N) is 2. The zero-order chi connectivity index (χ0) is 26.6. The number of carbonyl (C=O) groups excluding carboxylic acids is 4. The van der Waals surface area contributed by atoms with Crippen LogP contribution in [0.2, 0.25) is 0 Å². The van der Waals surface area contributed by atoms with Gasteiger partial charge in [0, 0.05) is 19.5 Å². The summed E-state index contributed by atoms with van der Waals surface area (Å²) in [6.45, 7) is 3.80. The van der Waals surface area contributed by atoms with Gasteiger partial charge in [-0.3, -0.25) is 19.2 Å². The van der Waals surface area contributed by atoms with Crippen LogP contribution in [0.5, 0.6) is 0 Å². The normalized spacial score (nSPS) is 24.3. The van der Waals surface area contributed by atoms with Gasteiger partial charge < -0.3 is 31.7 Å². The van der Waals surface area contributed by atoms with Crippen molar-refractivity contribution in [2.75, 3.05) is 13.1 Å². The molecule has 0 aliphatic carbocycles. The van der Waals surface area contributed by atoms with E-state index in [4.69, 9.17) is 11.5 Å². The van der Waals surface area contributed by atoms with Crippen molar-refractivity contribution < 1.29 is 28.7 Å². The van der Waals surface area contributed by atoms with Crippen molar-refractivity contribution in [1.29, 1.82) is 0 Å². The number of aliphatic hydroxyl groups excluding tert-OH is 1. The van der Waals surface area contributed by atoms with Crippen LogP contribution in [-0.4, -0.2) is 81.4 Å². The fourth-order valence-electron chi connectivity index (χ4n) is 5.20. The number of primary amides is 1. The van der Waals surface area contributed by atoms with Gasteiger partial charge in [0.25, 0.3) is 0 Å². The number of amides is 4. The fourth-order valence-corrected chi connectivity index (χ4v) is 5.20. The number of benzene rings is 1. The lowest BCUT2D eigenvalue weighted by Gasteiger charge is -2.41. The van der Waals surface area contributed by atoms with Crippen LogP contribution >= 0.6 is 0 Å². The Bertz CT molecular complexity index is 988. The number of hydrogen-bond donors (Lipinski definition) is 4. The molecule has 2 unspecified atom stereocenters. The van der Waals surface area contributed by atoms with Crippen LogP contribution in [0, 0.1) is 5.82 Å². The summed E-state index contributed by atoms with van der Waals surface area (Å²) in [4.78, 5) is 55.4. The molecule has 1 aromatic carbocycles. The first kappa shape index (κ1) is 27.5. The predicted molar refractivity (Wildman–Crippen MR) is 130 cm³/mol.